The van der Waals surface area contributed by atoms with Crippen molar-refractivity contribution >= 4 is 17.1 Å². The quantitative estimate of drug-likeness (QED) is 0.624. The summed E-state index contributed by atoms with van der Waals surface area (Å²) in [5.74, 6) is 0.0326. The van der Waals surface area contributed by atoms with Crippen molar-refractivity contribution in [1.29, 1.82) is 0 Å². The lowest BCUT2D eigenvalue weighted by Gasteiger charge is -2.28. The van der Waals surface area contributed by atoms with Gasteiger partial charge in [0.2, 0.25) is 5.88 Å². The maximum atomic E-state index is 12.1. The molecule has 1 saturated heterocycles. The third-order valence-corrected chi connectivity index (χ3v) is 5.37. The van der Waals surface area contributed by atoms with Gasteiger partial charge in [0.15, 0.2) is 0 Å². The number of rotatable bonds is 5. The van der Waals surface area contributed by atoms with Gasteiger partial charge in [-0.3, -0.25) is 4.79 Å². The van der Waals surface area contributed by atoms with Gasteiger partial charge in [0.1, 0.15) is 0 Å². The molecule has 0 spiro atoms. The number of carbonyl (C=O) groups excluding carboxylic acids is 1. The molecule has 8 heteroatoms. The molecule has 4 heterocycles. The lowest BCUT2D eigenvalue weighted by atomic mass is 9.87. The highest BCUT2D eigenvalue weighted by Gasteiger charge is 2.35. The number of hydrogen-bond acceptors (Lipinski definition) is 6. The van der Waals surface area contributed by atoms with E-state index in [1.54, 1.807) is 17.8 Å². The number of primary amides is 1. The number of amides is 1. The standard InChI is InChI=1S/C20H24N6O2/c1-20(2)11-22-9-16(20)25-18-14(19(21)27)8-24-26-10-13(6-15(18)26)12-4-5-23-17(7-12)28-3/h4-8,10,16,22,25H,9,11H2,1-3H3,(H2,21,27)/t16-/m1/s1. The number of nitrogens with one attached hydrogen (secondary N) is 2. The summed E-state index contributed by atoms with van der Waals surface area (Å²) in [7, 11) is 1.59. The minimum Gasteiger partial charge on any atom is -0.481 e. The molecule has 4 rings (SSSR count). The number of aromatic nitrogens is 3. The van der Waals surface area contributed by atoms with Gasteiger partial charge < -0.3 is 21.1 Å². The third-order valence-electron chi connectivity index (χ3n) is 5.37. The fraction of sp³-hybridized carbons (Fsp3) is 0.350. The number of ether oxygens (including phenoxy) is 1. The van der Waals surface area contributed by atoms with E-state index in [-0.39, 0.29) is 11.5 Å². The molecule has 0 radical (unpaired) electrons. The second-order valence-corrected chi connectivity index (χ2v) is 7.76. The van der Waals surface area contributed by atoms with E-state index in [4.69, 9.17) is 10.5 Å². The summed E-state index contributed by atoms with van der Waals surface area (Å²) in [5.41, 5.74) is 9.46. The lowest BCUT2D eigenvalue weighted by Crippen LogP contribution is -2.35. The summed E-state index contributed by atoms with van der Waals surface area (Å²) < 4.78 is 6.98. The molecular weight excluding hydrogens is 356 g/mol. The van der Waals surface area contributed by atoms with Crippen LogP contribution in [0, 0.1) is 5.41 Å². The van der Waals surface area contributed by atoms with E-state index in [0.29, 0.717) is 17.1 Å². The Kier molecular flexibility index (Phi) is 4.43. The van der Waals surface area contributed by atoms with E-state index < -0.39 is 5.91 Å². The van der Waals surface area contributed by atoms with Crippen molar-refractivity contribution in [3.05, 3.63) is 42.4 Å². The molecule has 1 aliphatic rings. The molecule has 1 atom stereocenters. The Balaban J connectivity index is 1.82. The normalized spacial score (nSPS) is 18.3. The second kappa shape index (κ2) is 6.79. The fourth-order valence-corrected chi connectivity index (χ4v) is 3.61. The Morgan fingerprint density at radius 2 is 2.21 bits per heavy atom. The van der Waals surface area contributed by atoms with Gasteiger partial charge in [0.25, 0.3) is 5.91 Å². The minimum absolute atomic E-state index is 0.0447. The molecule has 1 amide bonds. The van der Waals surface area contributed by atoms with Crippen LogP contribution in [0.2, 0.25) is 0 Å². The highest BCUT2D eigenvalue weighted by atomic mass is 16.5. The van der Waals surface area contributed by atoms with Crippen LogP contribution in [0.15, 0.2) is 36.8 Å². The van der Waals surface area contributed by atoms with E-state index >= 15 is 0 Å². The number of methoxy groups -OCH3 is 1. The largest absolute Gasteiger partial charge is 0.481 e. The number of fused-ring (bicyclic) bond motifs is 1. The molecule has 28 heavy (non-hydrogen) atoms. The summed E-state index contributed by atoms with van der Waals surface area (Å²) in [6, 6.07) is 5.92. The SMILES string of the molecule is COc1cc(-c2cc3c(N[C@@H]4CNCC4(C)C)c(C(N)=O)cnn3c2)ccn1. The van der Waals surface area contributed by atoms with Crippen molar-refractivity contribution in [1.82, 2.24) is 19.9 Å². The van der Waals surface area contributed by atoms with Crippen LogP contribution in [0.1, 0.15) is 24.2 Å². The first kappa shape index (κ1) is 18.2. The average molecular weight is 380 g/mol. The third kappa shape index (κ3) is 3.16. The second-order valence-electron chi connectivity index (χ2n) is 7.76. The molecule has 0 bridgehead atoms. The summed E-state index contributed by atoms with van der Waals surface area (Å²) in [6.07, 6.45) is 5.13. The van der Waals surface area contributed by atoms with Gasteiger partial charge in [-0.1, -0.05) is 13.8 Å². The number of hydrogen-bond donors (Lipinski definition) is 3. The van der Waals surface area contributed by atoms with Crippen LogP contribution in [0.3, 0.4) is 0 Å². The molecule has 8 nitrogen and oxygen atoms in total. The van der Waals surface area contributed by atoms with E-state index in [0.717, 1.165) is 29.7 Å². The van der Waals surface area contributed by atoms with Gasteiger partial charge in [0.05, 0.1) is 30.1 Å². The van der Waals surface area contributed by atoms with Crippen LogP contribution < -0.4 is 21.1 Å². The van der Waals surface area contributed by atoms with Crippen LogP contribution in [0.5, 0.6) is 5.88 Å². The van der Waals surface area contributed by atoms with Gasteiger partial charge in [-0.2, -0.15) is 5.10 Å². The summed E-state index contributed by atoms with van der Waals surface area (Å²) >= 11 is 0. The average Bonchev–Trinajstić information content (AvgIpc) is 3.25. The van der Waals surface area contributed by atoms with Gasteiger partial charge in [-0.05, 0) is 23.1 Å². The molecule has 146 valence electrons. The van der Waals surface area contributed by atoms with Crippen molar-refractivity contribution in [3.63, 3.8) is 0 Å². The Morgan fingerprint density at radius 3 is 2.89 bits per heavy atom. The lowest BCUT2D eigenvalue weighted by molar-refractivity contribution is 0.100. The van der Waals surface area contributed by atoms with E-state index in [1.807, 2.05) is 24.4 Å². The van der Waals surface area contributed by atoms with Crippen LogP contribution in [0.25, 0.3) is 16.6 Å². The zero-order valence-electron chi connectivity index (χ0n) is 16.2. The van der Waals surface area contributed by atoms with Crippen LogP contribution in [0.4, 0.5) is 5.69 Å². The van der Waals surface area contributed by atoms with E-state index in [2.05, 4.69) is 34.6 Å². The first-order valence-corrected chi connectivity index (χ1v) is 9.18. The van der Waals surface area contributed by atoms with Crippen molar-refractivity contribution in [2.24, 2.45) is 11.1 Å². The molecule has 1 aliphatic heterocycles. The highest BCUT2D eigenvalue weighted by molar-refractivity contribution is 6.02. The Bertz CT molecular complexity index is 1040. The van der Waals surface area contributed by atoms with Crippen molar-refractivity contribution in [2.75, 3.05) is 25.5 Å². The number of nitrogens with zero attached hydrogens (tertiary/aromatic N) is 3. The molecule has 3 aromatic heterocycles. The van der Waals surface area contributed by atoms with Crippen molar-refractivity contribution in [2.45, 2.75) is 19.9 Å². The number of anilines is 1. The number of carbonyl (C=O) groups is 1. The van der Waals surface area contributed by atoms with E-state index in [9.17, 15) is 4.79 Å². The fourth-order valence-electron chi connectivity index (χ4n) is 3.61. The summed E-state index contributed by atoms with van der Waals surface area (Å²) in [5, 5.41) is 11.3. The maximum absolute atomic E-state index is 12.1. The molecule has 3 aromatic rings. The summed E-state index contributed by atoms with van der Waals surface area (Å²) in [4.78, 5) is 16.2. The summed E-state index contributed by atoms with van der Waals surface area (Å²) in [6.45, 7) is 6.11. The monoisotopic (exact) mass is 380 g/mol. The van der Waals surface area contributed by atoms with Gasteiger partial charge >= 0.3 is 0 Å². The minimum atomic E-state index is -0.505. The van der Waals surface area contributed by atoms with E-state index in [1.165, 1.54) is 6.20 Å². The molecular formula is C20H24N6O2. The Morgan fingerprint density at radius 1 is 1.39 bits per heavy atom. The molecule has 4 N–H and O–H groups in total. The van der Waals surface area contributed by atoms with Crippen molar-refractivity contribution in [3.8, 4) is 17.0 Å². The molecule has 0 aliphatic carbocycles. The highest BCUT2D eigenvalue weighted by Crippen LogP contribution is 2.33. The molecule has 0 saturated carbocycles. The predicted molar refractivity (Wildman–Crippen MR) is 108 cm³/mol. The van der Waals surface area contributed by atoms with Gasteiger partial charge in [-0.15, -0.1) is 0 Å². The number of nitrogens with two attached hydrogens (primary N) is 1. The molecule has 1 fully saturated rings. The first-order chi connectivity index (χ1) is 13.4. The Hall–Kier alpha value is -3.13. The van der Waals surface area contributed by atoms with Crippen LogP contribution in [-0.4, -0.2) is 46.7 Å². The topological polar surface area (TPSA) is 107 Å². The zero-order chi connectivity index (χ0) is 19.9. The van der Waals surface area contributed by atoms with Crippen molar-refractivity contribution < 1.29 is 9.53 Å². The van der Waals surface area contributed by atoms with Gasteiger partial charge in [-0.25, -0.2) is 9.50 Å². The zero-order valence-corrected chi connectivity index (χ0v) is 16.2. The van der Waals surface area contributed by atoms with Crippen LogP contribution >= 0.6 is 0 Å². The molecule has 0 unspecified atom stereocenters. The van der Waals surface area contributed by atoms with Gasteiger partial charge in [0, 0.05) is 43.2 Å². The van der Waals surface area contributed by atoms with Crippen LogP contribution in [-0.2, 0) is 0 Å². The first-order valence-electron chi connectivity index (χ1n) is 9.18. The Labute approximate surface area is 163 Å². The molecule has 0 aromatic carbocycles. The smallest absolute Gasteiger partial charge is 0.252 e. The number of pyridine rings is 1. The maximum Gasteiger partial charge on any atom is 0.252 e. The predicted octanol–water partition coefficient (Wildman–Crippen LogP) is 1.91.